The topological polar surface area (TPSA) is 52.7 Å². The van der Waals surface area contributed by atoms with Gasteiger partial charge in [0.1, 0.15) is 11.6 Å². The second kappa shape index (κ2) is 11.4. The third-order valence-corrected chi connectivity index (χ3v) is 6.69. The van der Waals surface area contributed by atoms with Gasteiger partial charge in [0, 0.05) is 44.4 Å². The van der Waals surface area contributed by atoms with Gasteiger partial charge in [-0.25, -0.2) is 8.78 Å². The average molecular weight is 468 g/mol. The molecule has 0 atom stereocenters. The van der Waals surface area contributed by atoms with E-state index in [1.54, 1.807) is 29.2 Å². The minimum atomic E-state index is -0.309. The lowest BCUT2D eigenvalue weighted by Gasteiger charge is -2.39. The summed E-state index contributed by atoms with van der Waals surface area (Å²) in [5.74, 6) is -1.02. The van der Waals surface area contributed by atoms with E-state index in [0.717, 1.165) is 36.8 Å². The van der Waals surface area contributed by atoms with Gasteiger partial charge in [-0.3, -0.25) is 14.5 Å². The zero-order valence-electron chi connectivity index (χ0n) is 19.3. The number of hydrogen-bond acceptors (Lipinski definition) is 3. The lowest BCUT2D eigenvalue weighted by molar-refractivity contribution is -0.128. The van der Waals surface area contributed by atoms with E-state index in [1.165, 1.54) is 42.8 Å². The Morgan fingerprint density at radius 2 is 1.32 bits per heavy atom. The van der Waals surface area contributed by atoms with Crippen LogP contribution < -0.4 is 5.32 Å². The minimum Gasteiger partial charge on any atom is -0.350 e. The quantitative estimate of drug-likeness (QED) is 0.648. The van der Waals surface area contributed by atoms with Crippen LogP contribution >= 0.6 is 0 Å². The maximum atomic E-state index is 13.5. The van der Waals surface area contributed by atoms with E-state index >= 15 is 0 Å². The lowest BCUT2D eigenvalue weighted by Crippen LogP contribution is -2.49. The number of nitrogens with one attached hydrogen (secondary N) is 1. The van der Waals surface area contributed by atoms with E-state index < -0.39 is 0 Å². The minimum absolute atomic E-state index is 0.171. The molecule has 1 saturated heterocycles. The summed E-state index contributed by atoms with van der Waals surface area (Å²) < 4.78 is 27.0. The van der Waals surface area contributed by atoms with Crippen molar-refractivity contribution in [2.45, 2.75) is 44.2 Å². The van der Waals surface area contributed by atoms with Crippen LogP contribution in [0.4, 0.5) is 8.78 Å². The first-order valence-electron chi connectivity index (χ1n) is 12.0. The van der Waals surface area contributed by atoms with Gasteiger partial charge in [0.2, 0.25) is 11.8 Å². The molecule has 2 aliphatic rings. The van der Waals surface area contributed by atoms with Crippen molar-refractivity contribution in [2.24, 2.45) is 0 Å². The standard InChI is InChI=1S/C27H31F2N3O2/c28-22-10-6-20(7-11-22)27(21-8-12-23(29)13-9-21)32-18-16-31(17-19-32)26(34)15-14-25(33)30-24-4-2-1-3-5-24/h6-15,24,27H,1-5,16-19H2,(H,30,33)/b15-14-. The molecule has 0 unspecified atom stereocenters. The van der Waals surface area contributed by atoms with Gasteiger partial charge in [-0.2, -0.15) is 0 Å². The normalized spacial score (nSPS) is 17.9. The fourth-order valence-corrected chi connectivity index (χ4v) is 4.85. The lowest BCUT2D eigenvalue weighted by atomic mass is 9.95. The molecule has 0 spiro atoms. The summed E-state index contributed by atoms with van der Waals surface area (Å²) >= 11 is 0. The number of piperazine rings is 1. The molecule has 7 heteroatoms. The third-order valence-electron chi connectivity index (χ3n) is 6.69. The Bertz CT molecular complexity index is 948. The molecule has 1 N–H and O–H groups in total. The first kappa shape index (κ1) is 24.1. The van der Waals surface area contributed by atoms with Crippen LogP contribution in [0.3, 0.4) is 0 Å². The summed E-state index contributed by atoms with van der Waals surface area (Å²) in [4.78, 5) is 28.8. The van der Waals surface area contributed by atoms with Crippen LogP contribution in [0.5, 0.6) is 0 Å². The van der Waals surface area contributed by atoms with Crippen molar-refractivity contribution in [3.63, 3.8) is 0 Å². The van der Waals surface area contributed by atoms with Gasteiger partial charge < -0.3 is 10.2 Å². The molecule has 1 aliphatic heterocycles. The first-order valence-corrected chi connectivity index (χ1v) is 12.0. The van der Waals surface area contributed by atoms with E-state index in [9.17, 15) is 18.4 Å². The Morgan fingerprint density at radius 3 is 1.85 bits per heavy atom. The predicted molar refractivity (Wildman–Crippen MR) is 127 cm³/mol. The second-order valence-electron chi connectivity index (χ2n) is 9.04. The Morgan fingerprint density at radius 1 is 0.794 bits per heavy atom. The molecule has 0 bridgehead atoms. The van der Waals surface area contributed by atoms with Crippen molar-refractivity contribution >= 4 is 11.8 Å². The van der Waals surface area contributed by atoms with Crippen molar-refractivity contribution in [2.75, 3.05) is 26.2 Å². The number of rotatable bonds is 6. The van der Waals surface area contributed by atoms with Crippen LogP contribution in [0.1, 0.15) is 49.3 Å². The number of halogens is 2. The highest BCUT2D eigenvalue weighted by Gasteiger charge is 2.28. The highest BCUT2D eigenvalue weighted by Crippen LogP contribution is 2.30. The maximum absolute atomic E-state index is 13.5. The SMILES string of the molecule is O=C(/C=C\C(=O)N1CCN(C(c2ccc(F)cc2)c2ccc(F)cc2)CC1)NC1CCCCC1. The molecule has 0 aromatic heterocycles. The number of carbonyl (C=O) groups excluding carboxylic acids is 2. The first-order chi connectivity index (χ1) is 16.5. The summed E-state index contributed by atoms with van der Waals surface area (Å²) in [6.07, 6.45) is 8.17. The molecule has 1 saturated carbocycles. The van der Waals surface area contributed by atoms with E-state index in [1.807, 2.05) is 0 Å². The monoisotopic (exact) mass is 467 g/mol. The Kier molecular flexibility index (Phi) is 8.06. The molecule has 2 aromatic carbocycles. The van der Waals surface area contributed by atoms with Gasteiger partial charge in [0.15, 0.2) is 0 Å². The number of nitrogens with zero attached hydrogens (tertiary/aromatic N) is 2. The molecule has 1 heterocycles. The van der Waals surface area contributed by atoms with Crippen molar-refractivity contribution < 1.29 is 18.4 Å². The molecule has 34 heavy (non-hydrogen) atoms. The van der Waals surface area contributed by atoms with Crippen molar-refractivity contribution in [3.8, 4) is 0 Å². The molecule has 1 aliphatic carbocycles. The number of amides is 2. The van der Waals surface area contributed by atoms with Crippen LogP contribution in [-0.4, -0.2) is 53.8 Å². The van der Waals surface area contributed by atoms with E-state index in [4.69, 9.17) is 0 Å². The Labute approximate surface area is 199 Å². The highest BCUT2D eigenvalue weighted by atomic mass is 19.1. The van der Waals surface area contributed by atoms with E-state index in [2.05, 4.69) is 10.2 Å². The van der Waals surface area contributed by atoms with Gasteiger partial charge in [-0.15, -0.1) is 0 Å². The maximum Gasteiger partial charge on any atom is 0.246 e. The summed E-state index contributed by atoms with van der Waals surface area (Å²) in [5, 5.41) is 2.99. The number of benzene rings is 2. The average Bonchev–Trinajstić information content (AvgIpc) is 2.86. The molecule has 2 amide bonds. The molecule has 180 valence electrons. The van der Waals surface area contributed by atoms with Crippen molar-refractivity contribution in [3.05, 3.63) is 83.4 Å². The summed E-state index contributed by atoms with van der Waals surface area (Å²) in [5.41, 5.74) is 1.82. The summed E-state index contributed by atoms with van der Waals surface area (Å²) in [6.45, 7) is 2.22. The van der Waals surface area contributed by atoms with Crippen LogP contribution in [0.15, 0.2) is 60.7 Å². The molecule has 0 radical (unpaired) electrons. The zero-order chi connectivity index (χ0) is 23.9. The van der Waals surface area contributed by atoms with Crippen molar-refractivity contribution in [1.29, 1.82) is 0 Å². The van der Waals surface area contributed by atoms with Crippen LogP contribution in [0.2, 0.25) is 0 Å². The van der Waals surface area contributed by atoms with Gasteiger partial charge >= 0.3 is 0 Å². The van der Waals surface area contributed by atoms with Gasteiger partial charge in [0.25, 0.3) is 0 Å². The molecular formula is C27H31F2N3O2. The molecule has 5 nitrogen and oxygen atoms in total. The third kappa shape index (κ3) is 6.29. The smallest absolute Gasteiger partial charge is 0.246 e. The van der Waals surface area contributed by atoms with Gasteiger partial charge in [-0.05, 0) is 48.2 Å². The van der Waals surface area contributed by atoms with Gasteiger partial charge in [0.05, 0.1) is 6.04 Å². The summed E-state index contributed by atoms with van der Waals surface area (Å²) in [7, 11) is 0. The number of carbonyl (C=O) groups is 2. The summed E-state index contributed by atoms with van der Waals surface area (Å²) in [6, 6.07) is 12.7. The fraction of sp³-hybridized carbons (Fsp3) is 0.407. The second-order valence-corrected chi connectivity index (χ2v) is 9.04. The van der Waals surface area contributed by atoms with Crippen LogP contribution in [-0.2, 0) is 9.59 Å². The Balaban J connectivity index is 1.37. The largest absolute Gasteiger partial charge is 0.350 e. The molecular weight excluding hydrogens is 436 g/mol. The van der Waals surface area contributed by atoms with Crippen LogP contribution in [0.25, 0.3) is 0 Å². The molecule has 4 rings (SSSR count). The molecule has 2 fully saturated rings. The zero-order valence-corrected chi connectivity index (χ0v) is 19.3. The van der Waals surface area contributed by atoms with Crippen LogP contribution in [0, 0.1) is 11.6 Å². The fourth-order valence-electron chi connectivity index (χ4n) is 4.85. The molecule has 2 aromatic rings. The van der Waals surface area contributed by atoms with E-state index in [0.29, 0.717) is 26.2 Å². The van der Waals surface area contributed by atoms with Gasteiger partial charge in [-0.1, -0.05) is 43.5 Å². The number of hydrogen-bond donors (Lipinski definition) is 1. The highest BCUT2D eigenvalue weighted by molar-refractivity contribution is 5.96. The predicted octanol–water partition coefficient (Wildman–Crippen LogP) is 4.20. The Hall–Kier alpha value is -3.06. The van der Waals surface area contributed by atoms with Crippen molar-refractivity contribution in [1.82, 2.24) is 15.1 Å². The van der Waals surface area contributed by atoms with E-state index in [-0.39, 0.29) is 35.5 Å².